The van der Waals surface area contributed by atoms with Gasteiger partial charge in [0.15, 0.2) is 5.58 Å². The Morgan fingerprint density at radius 2 is 1.38 bits per heavy atom. The van der Waals surface area contributed by atoms with Crippen molar-refractivity contribution in [3.05, 3.63) is 75.2 Å². The second-order valence-electron chi connectivity index (χ2n) is 5.66. The summed E-state index contributed by atoms with van der Waals surface area (Å²) >= 11 is 6.93. The van der Waals surface area contributed by atoms with Gasteiger partial charge in [0.1, 0.15) is 11.3 Å². The quantitative estimate of drug-likeness (QED) is 0.334. The second kappa shape index (κ2) is 6.19. The molecule has 0 radical (unpaired) electrons. The lowest BCUT2D eigenvalue weighted by Gasteiger charge is -2.03. The molecule has 0 amide bonds. The van der Waals surface area contributed by atoms with Crippen LogP contribution in [0.5, 0.6) is 0 Å². The summed E-state index contributed by atoms with van der Waals surface area (Å²) in [5.41, 5.74) is 5.90. The SMILES string of the molecule is Cc1cc(-c2ccc(Br)cc2)nc2cc(-c3ccc(Br)cc3)oc12. The number of furan rings is 1. The first-order valence-corrected chi connectivity index (χ1v) is 9.12. The van der Waals surface area contributed by atoms with Gasteiger partial charge < -0.3 is 4.42 Å². The Labute approximate surface area is 156 Å². The molecule has 2 aromatic carbocycles. The Bertz CT molecular complexity index is 1020. The molecule has 2 aromatic heterocycles. The van der Waals surface area contributed by atoms with E-state index in [4.69, 9.17) is 9.40 Å². The van der Waals surface area contributed by atoms with Crippen LogP contribution in [0.1, 0.15) is 5.56 Å². The van der Waals surface area contributed by atoms with Crippen molar-refractivity contribution in [3.8, 4) is 22.6 Å². The van der Waals surface area contributed by atoms with Crippen molar-refractivity contribution in [1.82, 2.24) is 4.98 Å². The van der Waals surface area contributed by atoms with Gasteiger partial charge >= 0.3 is 0 Å². The van der Waals surface area contributed by atoms with E-state index in [1.165, 1.54) is 0 Å². The number of halogens is 2. The molecule has 0 saturated carbocycles. The van der Waals surface area contributed by atoms with Crippen LogP contribution in [0.4, 0.5) is 0 Å². The van der Waals surface area contributed by atoms with Crippen molar-refractivity contribution in [2.45, 2.75) is 6.92 Å². The fraction of sp³-hybridized carbons (Fsp3) is 0.0500. The first-order chi connectivity index (χ1) is 11.6. The highest BCUT2D eigenvalue weighted by Gasteiger charge is 2.12. The number of nitrogens with zero attached hydrogens (tertiary/aromatic N) is 1. The Morgan fingerprint density at radius 3 is 2.00 bits per heavy atom. The van der Waals surface area contributed by atoms with Gasteiger partial charge in [-0.2, -0.15) is 0 Å². The molecule has 4 aromatic rings. The molecule has 24 heavy (non-hydrogen) atoms. The summed E-state index contributed by atoms with van der Waals surface area (Å²) in [6, 6.07) is 20.3. The average molecular weight is 443 g/mol. The van der Waals surface area contributed by atoms with Crippen LogP contribution in [0.3, 0.4) is 0 Å². The third kappa shape index (κ3) is 2.92. The maximum atomic E-state index is 6.05. The minimum absolute atomic E-state index is 0.834. The molecule has 0 atom stereocenters. The highest BCUT2D eigenvalue weighted by molar-refractivity contribution is 9.10. The number of hydrogen-bond donors (Lipinski definition) is 0. The van der Waals surface area contributed by atoms with Crippen LogP contribution in [0.2, 0.25) is 0 Å². The van der Waals surface area contributed by atoms with Gasteiger partial charge in [-0.3, -0.25) is 0 Å². The van der Waals surface area contributed by atoms with Crippen molar-refractivity contribution >= 4 is 43.0 Å². The zero-order valence-electron chi connectivity index (χ0n) is 12.9. The molecular formula is C20H13Br2NO. The van der Waals surface area contributed by atoms with Gasteiger partial charge in [0.05, 0.1) is 5.69 Å². The summed E-state index contributed by atoms with van der Waals surface area (Å²) in [6.07, 6.45) is 0. The molecule has 0 aliphatic heterocycles. The Balaban J connectivity index is 1.83. The zero-order valence-corrected chi connectivity index (χ0v) is 16.1. The van der Waals surface area contributed by atoms with Gasteiger partial charge in [0.25, 0.3) is 0 Å². The Morgan fingerprint density at radius 1 is 0.792 bits per heavy atom. The van der Waals surface area contributed by atoms with Gasteiger partial charge in [-0.05, 0) is 42.8 Å². The molecule has 4 heteroatoms. The Kier molecular flexibility index (Phi) is 4.02. The van der Waals surface area contributed by atoms with Crippen LogP contribution in [-0.2, 0) is 0 Å². The van der Waals surface area contributed by atoms with E-state index in [1.54, 1.807) is 0 Å². The molecule has 0 fully saturated rings. The lowest BCUT2D eigenvalue weighted by molar-refractivity contribution is 0.628. The molecule has 4 rings (SSSR count). The number of aromatic nitrogens is 1. The number of hydrogen-bond acceptors (Lipinski definition) is 2. The van der Waals surface area contributed by atoms with E-state index >= 15 is 0 Å². The van der Waals surface area contributed by atoms with Gasteiger partial charge in [-0.25, -0.2) is 4.98 Å². The van der Waals surface area contributed by atoms with Gasteiger partial charge in [0, 0.05) is 26.1 Å². The normalized spacial score (nSPS) is 11.1. The van der Waals surface area contributed by atoms with E-state index in [9.17, 15) is 0 Å². The predicted molar refractivity (Wildman–Crippen MR) is 105 cm³/mol. The molecule has 2 heterocycles. The summed E-state index contributed by atoms with van der Waals surface area (Å²) in [5.74, 6) is 0.834. The molecular weight excluding hydrogens is 430 g/mol. The monoisotopic (exact) mass is 441 g/mol. The predicted octanol–water partition coefficient (Wildman–Crippen LogP) is 7.00. The van der Waals surface area contributed by atoms with E-state index in [-0.39, 0.29) is 0 Å². The van der Waals surface area contributed by atoms with Crippen molar-refractivity contribution in [2.75, 3.05) is 0 Å². The fourth-order valence-electron chi connectivity index (χ4n) is 2.70. The van der Waals surface area contributed by atoms with E-state index in [2.05, 4.69) is 57.0 Å². The van der Waals surface area contributed by atoms with E-state index in [0.717, 1.165) is 48.2 Å². The maximum absolute atomic E-state index is 6.05. The van der Waals surface area contributed by atoms with Crippen molar-refractivity contribution in [1.29, 1.82) is 0 Å². The van der Waals surface area contributed by atoms with Crippen LogP contribution in [0, 0.1) is 6.92 Å². The summed E-state index contributed by atoms with van der Waals surface area (Å²) in [6.45, 7) is 2.06. The van der Waals surface area contributed by atoms with Crippen LogP contribution >= 0.6 is 31.9 Å². The number of rotatable bonds is 2. The standard InChI is InChI=1S/C20H13Br2NO/c1-12-10-17(13-2-6-15(21)7-3-13)23-18-11-19(24-20(12)18)14-4-8-16(22)9-5-14/h2-11H,1H3. The van der Waals surface area contributed by atoms with Gasteiger partial charge in [0.2, 0.25) is 0 Å². The zero-order chi connectivity index (χ0) is 16.7. The van der Waals surface area contributed by atoms with E-state index in [0.29, 0.717) is 0 Å². The largest absolute Gasteiger partial charge is 0.454 e. The third-order valence-electron chi connectivity index (χ3n) is 3.93. The highest BCUT2D eigenvalue weighted by Crippen LogP contribution is 2.32. The van der Waals surface area contributed by atoms with Crippen molar-refractivity contribution < 1.29 is 4.42 Å². The smallest absolute Gasteiger partial charge is 0.156 e. The van der Waals surface area contributed by atoms with Crippen molar-refractivity contribution in [2.24, 2.45) is 0 Å². The topological polar surface area (TPSA) is 26.0 Å². The summed E-state index contributed by atoms with van der Waals surface area (Å²) in [4.78, 5) is 4.78. The number of benzene rings is 2. The van der Waals surface area contributed by atoms with Crippen LogP contribution in [0.15, 0.2) is 74.0 Å². The summed E-state index contributed by atoms with van der Waals surface area (Å²) in [7, 11) is 0. The maximum Gasteiger partial charge on any atom is 0.156 e. The van der Waals surface area contributed by atoms with Gasteiger partial charge in [-0.1, -0.05) is 56.1 Å². The number of pyridine rings is 1. The number of aryl methyl sites for hydroxylation is 1. The average Bonchev–Trinajstić information content (AvgIpc) is 3.01. The van der Waals surface area contributed by atoms with Crippen LogP contribution < -0.4 is 0 Å². The van der Waals surface area contributed by atoms with E-state index in [1.807, 2.05) is 42.5 Å². The first-order valence-electron chi connectivity index (χ1n) is 7.53. The van der Waals surface area contributed by atoms with Crippen LogP contribution in [0.25, 0.3) is 33.7 Å². The highest BCUT2D eigenvalue weighted by atomic mass is 79.9. The van der Waals surface area contributed by atoms with Crippen molar-refractivity contribution in [3.63, 3.8) is 0 Å². The molecule has 0 aliphatic rings. The molecule has 0 saturated heterocycles. The molecule has 0 spiro atoms. The Hall–Kier alpha value is -1.91. The fourth-order valence-corrected chi connectivity index (χ4v) is 3.23. The minimum Gasteiger partial charge on any atom is -0.454 e. The van der Waals surface area contributed by atoms with E-state index < -0.39 is 0 Å². The molecule has 0 aliphatic carbocycles. The minimum atomic E-state index is 0.834. The molecule has 0 bridgehead atoms. The van der Waals surface area contributed by atoms with Gasteiger partial charge in [-0.15, -0.1) is 0 Å². The first kappa shape index (κ1) is 15.6. The molecule has 0 N–H and O–H groups in total. The lowest BCUT2D eigenvalue weighted by atomic mass is 10.1. The second-order valence-corrected chi connectivity index (χ2v) is 7.49. The number of fused-ring (bicyclic) bond motifs is 1. The van der Waals surface area contributed by atoms with Crippen LogP contribution in [-0.4, -0.2) is 4.98 Å². The lowest BCUT2D eigenvalue weighted by Crippen LogP contribution is -1.86. The molecule has 2 nitrogen and oxygen atoms in total. The molecule has 0 unspecified atom stereocenters. The molecule has 118 valence electrons. The summed E-state index contributed by atoms with van der Waals surface area (Å²) in [5, 5.41) is 0. The third-order valence-corrected chi connectivity index (χ3v) is 4.99. The summed E-state index contributed by atoms with van der Waals surface area (Å²) < 4.78 is 8.16.